The molecule has 1 aromatic heterocycles. The largest absolute Gasteiger partial charge is 0.220 e. The fourth-order valence-corrected chi connectivity index (χ4v) is 3.17. The molecule has 0 saturated carbocycles. The Morgan fingerprint density at radius 1 is 0.750 bits per heavy atom. The van der Waals surface area contributed by atoms with Gasteiger partial charge in [0, 0.05) is 16.5 Å². The number of hydrogen-bond donors (Lipinski definition) is 0. The second-order valence-corrected chi connectivity index (χ2v) is 5.58. The average Bonchev–Trinajstić information content (AvgIpc) is 2.40. The van der Waals surface area contributed by atoms with Crippen molar-refractivity contribution in [1.82, 2.24) is 0 Å². The number of rotatable bonds is 1. The molecule has 0 aliphatic heterocycles. The van der Waals surface area contributed by atoms with E-state index in [0.717, 1.165) is 0 Å². The summed E-state index contributed by atoms with van der Waals surface area (Å²) < 4.78 is 2.25. The van der Waals surface area contributed by atoms with Crippen molar-refractivity contribution in [2.75, 3.05) is 0 Å². The van der Waals surface area contributed by atoms with Gasteiger partial charge in [-0.1, -0.05) is 30.3 Å². The number of aryl methyl sites for hydroxylation is 4. The third-order valence-corrected chi connectivity index (χ3v) is 4.06. The van der Waals surface area contributed by atoms with E-state index in [1.807, 2.05) is 0 Å². The zero-order valence-corrected chi connectivity index (χ0v) is 12.6. The van der Waals surface area contributed by atoms with Crippen LogP contribution in [-0.4, -0.2) is 0 Å². The summed E-state index contributed by atoms with van der Waals surface area (Å²) in [6.45, 7) is 6.56. The molecule has 0 spiro atoms. The van der Waals surface area contributed by atoms with Gasteiger partial charge in [-0.25, -0.2) is 4.57 Å². The predicted octanol–water partition coefficient (Wildman–Crippen LogP) is 4.26. The van der Waals surface area contributed by atoms with Gasteiger partial charge >= 0.3 is 0 Å². The molecule has 0 bridgehead atoms. The van der Waals surface area contributed by atoms with Gasteiger partial charge in [-0.2, -0.15) is 0 Å². The summed E-state index contributed by atoms with van der Waals surface area (Å²) in [5.41, 5.74) is 6.60. The first-order valence-corrected chi connectivity index (χ1v) is 7.04. The molecule has 0 amide bonds. The van der Waals surface area contributed by atoms with Crippen LogP contribution < -0.4 is 4.57 Å². The van der Waals surface area contributed by atoms with Crippen molar-refractivity contribution in [2.45, 2.75) is 20.8 Å². The van der Waals surface area contributed by atoms with Crippen molar-refractivity contribution in [3.8, 4) is 11.3 Å². The standard InChI is InChI=1S/C19H20N/c1-13-8-5-6-10-16(13)19-17-11-7-9-14(2)18(17)15(3)12-20(19)4/h5-12H,1-4H3/q+1. The molecule has 0 fully saturated rings. The summed E-state index contributed by atoms with van der Waals surface area (Å²) in [6.07, 6.45) is 2.23. The van der Waals surface area contributed by atoms with Gasteiger partial charge in [-0.05, 0) is 44.0 Å². The topological polar surface area (TPSA) is 3.88 Å². The van der Waals surface area contributed by atoms with E-state index in [0.29, 0.717) is 0 Å². The third-order valence-electron chi connectivity index (χ3n) is 4.06. The van der Waals surface area contributed by atoms with E-state index in [2.05, 4.69) is 81.0 Å². The first-order chi connectivity index (χ1) is 9.59. The first-order valence-electron chi connectivity index (χ1n) is 7.04. The maximum absolute atomic E-state index is 2.25. The van der Waals surface area contributed by atoms with Gasteiger partial charge in [-0.3, -0.25) is 0 Å². The molecule has 1 heterocycles. The van der Waals surface area contributed by atoms with Crippen molar-refractivity contribution in [1.29, 1.82) is 0 Å². The number of hydrogen-bond acceptors (Lipinski definition) is 0. The Morgan fingerprint density at radius 2 is 1.45 bits per heavy atom. The normalized spacial score (nSPS) is 11.0. The average molecular weight is 262 g/mol. The SMILES string of the molecule is Cc1ccccc1-c1c2cccc(C)c2c(C)c[n+]1C. The molecule has 1 nitrogen and oxygen atoms in total. The molecular formula is C19H20N+. The van der Waals surface area contributed by atoms with Gasteiger partial charge in [0.05, 0.1) is 5.39 Å². The second kappa shape index (κ2) is 4.75. The van der Waals surface area contributed by atoms with E-state index in [1.165, 1.54) is 38.7 Å². The molecule has 0 aliphatic carbocycles. The molecule has 3 aromatic rings. The van der Waals surface area contributed by atoms with Crippen molar-refractivity contribution < 1.29 is 4.57 Å². The Hall–Kier alpha value is -2.15. The number of nitrogens with zero attached hydrogens (tertiary/aromatic N) is 1. The van der Waals surface area contributed by atoms with E-state index < -0.39 is 0 Å². The molecule has 0 atom stereocenters. The monoisotopic (exact) mass is 262 g/mol. The molecule has 20 heavy (non-hydrogen) atoms. The van der Waals surface area contributed by atoms with E-state index in [9.17, 15) is 0 Å². The highest BCUT2D eigenvalue weighted by atomic mass is 14.9. The van der Waals surface area contributed by atoms with Crippen LogP contribution in [0.3, 0.4) is 0 Å². The number of pyridine rings is 1. The summed E-state index contributed by atoms with van der Waals surface area (Å²) in [6, 6.07) is 15.2. The Labute approximate surface area is 120 Å². The minimum absolute atomic E-state index is 1.30. The van der Waals surface area contributed by atoms with Gasteiger partial charge in [0.1, 0.15) is 7.05 Å². The van der Waals surface area contributed by atoms with Crippen LogP contribution in [0.2, 0.25) is 0 Å². The minimum atomic E-state index is 1.30. The van der Waals surface area contributed by atoms with Gasteiger partial charge in [0.2, 0.25) is 5.69 Å². The van der Waals surface area contributed by atoms with E-state index in [4.69, 9.17) is 0 Å². The molecule has 0 unspecified atom stereocenters. The zero-order chi connectivity index (χ0) is 14.3. The van der Waals surface area contributed by atoms with Crippen LogP contribution in [0.4, 0.5) is 0 Å². The van der Waals surface area contributed by atoms with Crippen molar-refractivity contribution >= 4 is 10.8 Å². The summed E-state index contributed by atoms with van der Waals surface area (Å²) in [5.74, 6) is 0. The van der Waals surface area contributed by atoms with Crippen LogP contribution >= 0.6 is 0 Å². The lowest BCUT2D eigenvalue weighted by Crippen LogP contribution is -2.31. The zero-order valence-electron chi connectivity index (χ0n) is 12.6. The quantitative estimate of drug-likeness (QED) is 0.577. The molecule has 3 rings (SSSR count). The van der Waals surface area contributed by atoms with Gasteiger partial charge in [-0.15, -0.1) is 0 Å². The smallest absolute Gasteiger partial charge is 0.200 e. The molecule has 0 saturated heterocycles. The molecule has 0 aliphatic rings. The summed E-state index contributed by atoms with van der Waals surface area (Å²) in [5, 5.41) is 2.71. The molecule has 0 N–H and O–H groups in total. The van der Waals surface area contributed by atoms with Crippen molar-refractivity contribution in [2.24, 2.45) is 7.05 Å². The van der Waals surface area contributed by atoms with E-state index >= 15 is 0 Å². The fraction of sp³-hybridized carbons (Fsp3) is 0.211. The highest BCUT2D eigenvalue weighted by molar-refractivity contribution is 5.97. The van der Waals surface area contributed by atoms with Crippen molar-refractivity contribution in [3.63, 3.8) is 0 Å². The minimum Gasteiger partial charge on any atom is -0.200 e. The lowest BCUT2D eigenvalue weighted by molar-refractivity contribution is -0.659. The summed E-state index contributed by atoms with van der Waals surface area (Å²) >= 11 is 0. The highest BCUT2D eigenvalue weighted by Gasteiger charge is 2.18. The second-order valence-electron chi connectivity index (χ2n) is 5.58. The summed E-state index contributed by atoms with van der Waals surface area (Å²) in [7, 11) is 2.14. The van der Waals surface area contributed by atoms with Gasteiger partial charge in [0.15, 0.2) is 6.20 Å². The Bertz CT molecular complexity index is 800. The van der Waals surface area contributed by atoms with Crippen LogP contribution in [0.25, 0.3) is 22.0 Å². The predicted molar refractivity (Wildman–Crippen MR) is 84.8 cm³/mol. The highest BCUT2D eigenvalue weighted by Crippen LogP contribution is 2.30. The van der Waals surface area contributed by atoms with Gasteiger partial charge in [0.25, 0.3) is 0 Å². The van der Waals surface area contributed by atoms with Crippen LogP contribution in [0.15, 0.2) is 48.7 Å². The molecular weight excluding hydrogens is 242 g/mol. The Balaban J connectivity index is 2.48. The lowest BCUT2D eigenvalue weighted by atomic mass is 9.95. The maximum atomic E-state index is 2.25. The number of fused-ring (bicyclic) bond motifs is 1. The van der Waals surface area contributed by atoms with E-state index in [1.54, 1.807) is 0 Å². The molecule has 0 radical (unpaired) electrons. The third kappa shape index (κ3) is 1.90. The van der Waals surface area contributed by atoms with Gasteiger partial charge < -0.3 is 0 Å². The first kappa shape index (κ1) is 12.9. The van der Waals surface area contributed by atoms with Crippen LogP contribution in [0.1, 0.15) is 16.7 Å². The maximum Gasteiger partial charge on any atom is 0.220 e. The molecule has 100 valence electrons. The lowest BCUT2D eigenvalue weighted by Gasteiger charge is -2.11. The van der Waals surface area contributed by atoms with Crippen molar-refractivity contribution in [3.05, 3.63) is 65.4 Å². The fourth-order valence-electron chi connectivity index (χ4n) is 3.17. The molecule has 2 aromatic carbocycles. The number of aromatic nitrogens is 1. The Kier molecular flexibility index (Phi) is 3.06. The Morgan fingerprint density at radius 3 is 2.20 bits per heavy atom. The summed E-state index contributed by atoms with van der Waals surface area (Å²) in [4.78, 5) is 0. The van der Waals surface area contributed by atoms with Crippen LogP contribution in [-0.2, 0) is 7.05 Å². The van der Waals surface area contributed by atoms with Crippen LogP contribution in [0.5, 0.6) is 0 Å². The van der Waals surface area contributed by atoms with E-state index in [-0.39, 0.29) is 0 Å². The number of benzene rings is 2. The molecule has 1 heteroatoms. The van der Waals surface area contributed by atoms with Crippen LogP contribution in [0, 0.1) is 20.8 Å².